The first kappa shape index (κ1) is 16.1. The predicted molar refractivity (Wildman–Crippen MR) is 92.3 cm³/mol. The Morgan fingerprint density at radius 2 is 2.00 bits per heavy atom. The molecule has 0 bridgehead atoms. The summed E-state index contributed by atoms with van der Waals surface area (Å²) in [5.74, 6) is 0.693. The summed E-state index contributed by atoms with van der Waals surface area (Å²) >= 11 is 0. The lowest BCUT2D eigenvalue weighted by Gasteiger charge is -2.06. The molecule has 26 heavy (non-hydrogen) atoms. The van der Waals surface area contributed by atoms with E-state index in [9.17, 15) is 9.18 Å². The molecule has 0 unspecified atom stereocenters. The first-order valence-electron chi connectivity index (χ1n) is 8.07. The Morgan fingerprint density at radius 3 is 2.85 bits per heavy atom. The van der Waals surface area contributed by atoms with E-state index in [1.54, 1.807) is 31.3 Å². The fourth-order valence-corrected chi connectivity index (χ4v) is 2.80. The number of aryl methyl sites for hydroxylation is 1. The molecule has 0 radical (unpaired) electrons. The number of halogens is 1. The molecule has 0 spiro atoms. The molecule has 4 rings (SSSR count). The average Bonchev–Trinajstić information content (AvgIpc) is 3.26. The van der Waals surface area contributed by atoms with E-state index >= 15 is 0 Å². The van der Waals surface area contributed by atoms with E-state index in [4.69, 9.17) is 9.47 Å². The number of hydrogen-bond acceptors (Lipinski definition) is 4. The molecule has 1 amide bonds. The maximum Gasteiger partial charge on any atom is 0.269 e. The van der Waals surface area contributed by atoms with Crippen LogP contribution in [-0.4, -0.2) is 22.5 Å². The molecule has 0 atom stereocenters. The Kier molecular flexibility index (Phi) is 4.04. The Morgan fingerprint density at radius 1 is 1.19 bits per heavy atom. The first-order valence-corrected chi connectivity index (χ1v) is 8.07. The molecule has 0 saturated heterocycles. The summed E-state index contributed by atoms with van der Waals surface area (Å²) < 4.78 is 26.0. The highest BCUT2D eigenvalue weighted by atomic mass is 19.1. The molecule has 0 aliphatic carbocycles. The molecular formula is C19H16FN3O3. The van der Waals surface area contributed by atoms with Gasteiger partial charge in [-0.15, -0.1) is 0 Å². The Hall–Kier alpha value is -3.35. The molecule has 3 aromatic rings. The van der Waals surface area contributed by atoms with E-state index in [-0.39, 0.29) is 18.5 Å². The molecule has 1 N–H and O–H groups in total. The molecule has 1 aliphatic heterocycles. The highest BCUT2D eigenvalue weighted by Gasteiger charge is 2.17. The van der Waals surface area contributed by atoms with E-state index in [0.29, 0.717) is 35.0 Å². The molecule has 0 fully saturated rings. The lowest BCUT2D eigenvalue weighted by molar-refractivity contribution is 0.0941. The zero-order valence-corrected chi connectivity index (χ0v) is 14.0. The summed E-state index contributed by atoms with van der Waals surface area (Å²) in [5.41, 5.74) is 2.01. The number of aromatic nitrogens is 2. The fourth-order valence-electron chi connectivity index (χ4n) is 2.80. The zero-order valence-electron chi connectivity index (χ0n) is 14.0. The summed E-state index contributed by atoms with van der Waals surface area (Å²) in [6, 6.07) is 13.4. The van der Waals surface area contributed by atoms with Crippen LogP contribution in [0.4, 0.5) is 4.39 Å². The number of amides is 1. The average molecular weight is 353 g/mol. The highest BCUT2D eigenvalue weighted by molar-refractivity contribution is 5.93. The van der Waals surface area contributed by atoms with Crippen molar-refractivity contribution < 1.29 is 18.7 Å². The van der Waals surface area contributed by atoms with E-state index < -0.39 is 0 Å². The number of nitrogens with zero attached hydrogens (tertiary/aromatic N) is 2. The number of fused-ring (bicyclic) bond motifs is 1. The molecule has 7 heteroatoms. The molecule has 2 heterocycles. The third-order valence-corrected chi connectivity index (χ3v) is 4.15. The van der Waals surface area contributed by atoms with Gasteiger partial charge in [0.1, 0.15) is 11.5 Å². The number of hydrogen-bond donors (Lipinski definition) is 1. The summed E-state index contributed by atoms with van der Waals surface area (Å²) in [7, 11) is 1.65. The monoisotopic (exact) mass is 353 g/mol. The maximum absolute atomic E-state index is 13.9. The zero-order chi connectivity index (χ0) is 18.1. The van der Waals surface area contributed by atoms with Gasteiger partial charge in [0.05, 0.1) is 5.69 Å². The van der Waals surface area contributed by atoms with Crippen LogP contribution < -0.4 is 14.8 Å². The topological polar surface area (TPSA) is 65.4 Å². The second-order valence-electron chi connectivity index (χ2n) is 5.89. The standard InChI is InChI=1S/C19H16FN3O3/c1-23-16(9-15(22-23)13-4-2-3-5-14(13)20)19(24)21-10-12-6-7-17-18(8-12)26-11-25-17/h2-9H,10-11H2,1H3,(H,21,24). The Bertz CT molecular complexity index is 984. The first-order chi connectivity index (χ1) is 12.6. The largest absolute Gasteiger partial charge is 0.454 e. The van der Waals surface area contributed by atoms with Gasteiger partial charge in [-0.2, -0.15) is 5.10 Å². The van der Waals surface area contributed by atoms with Crippen LogP contribution in [0.15, 0.2) is 48.5 Å². The van der Waals surface area contributed by atoms with Gasteiger partial charge >= 0.3 is 0 Å². The highest BCUT2D eigenvalue weighted by Crippen LogP contribution is 2.32. The molecular weight excluding hydrogens is 337 g/mol. The summed E-state index contributed by atoms with van der Waals surface area (Å²) in [6.07, 6.45) is 0. The van der Waals surface area contributed by atoms with Crippen LogP contribution in [0.25, 0.3) is 11.3 Å². The second-order valence-corrected chi connectivity index (χ2v) is 5.89. The summed E-state index contributed by atoms with van der Waals surface area (Å²) in [5, 5.41) is 7.08. The van der Waals surface area contributed by atoms with Crippen molar-refractivity contribution in [2.45, 2.75) is 6.54 Å². The van der Waals surface area contributed by atoms with Gasteiger partial charge < -0.3 is 14.8 Å². The second kappa shape index (κ2) is 6.51. The van der Waals surface area contributed by atoms with Crippen LogP contribution in [-0.2, 0) is 13.6 Å². The molecule has 2 aromatic carbocycles. The van der Waals surface area contributed by atoms with Crippen molar-refractivity contribution >= 4 is 5.91 Å². The van der Waals surface area contributed by atoms with Crippen molar-refractivity contribution in [3.8, 4) is 22.8 Å². The van der Waals surface area contributed by atoms with Crippen molar-refractivity contribution in [1.82, 2.24) is 15.1 Å². The van der Waals surface area contributed by atoms with Gasteiger partial charge in [0, 0.05) is 19.2 Å². The van der Waals surface area contributed by atoms with Crippen molar-refractivity contribution in [1.29, 1.82) is 0 Å². The van der Waals surface area contributed by atoms with Crippen LogP contribution in [0.2, 0.25) is 0 Å². The minimum Gasteiger partial charge on any atom is -0.454 e. The number of nitrogens with one attached hydrogen (secondary N) is 1. The van der Waals surface area contributed by atoms with Gasteiger partial charge in [0.2, 0.25) is 6.79 Å². The minimum atomic E-state index is -0.377. The Labute approximate surface area is 149 Å². The summed E-state index contributed by atoms with van der Waals surface area (Å²) in [6.45, 7) is 0.536. The van der Waals surface area contributed by atoms with Crippen molar-refractivity contribution in [3.63, 3.8) is 0 Å². The van der Waals surface area contributed by atoms with Gasteiger partial charge in [0.15, 0.2) is 11.5 Å². The number of ether oxygens (including phenoxy) is 2. The van der Waals surface area contributed by atoms with Gasteiger partial charge in [-0.05, 0) is 35.9 Å². The molecule has 1 aromatic heterocycles. The predicted octanol–water partition coefficient (Wildman–Crippen LogP) is 2.88. The fraction of sp³-hybridized carbons (Fsp3) is 0.158. The quantitative estimate of drug-likeness (QED) is 0.783. The smallest absolute Gasteiger partial charge is 0.269 e. The van der Waals surface area contributed by atoms with Crippen LogP contribution in [0.1, 0.15) is 16.1 Å². The van der Waals surface area contributed by atoms with E-state index in [1.807, 2.05) is 18.2 Å². The third kappa shape index (κ3) is 2.99. The number of benzene rings is 2. The van der Waals surface area contributed by atoms with E-state index in [2.05, 4.69) is 10.4 Å². The lowest BCUT2D eigenvalue weighted by atomic mass is 10.1. The van der Waals surface area contributed by atoms with Crippen molar-refractivity contribution in [2.24, 2.45) is 7.05 Å². The van der Waals surface area contributed by atoms with Gasteiger partial charge in [0.25, 0.3) is 5.91 Å². The summed E-state index contributed by atoms with van der Waals surface area (Å²) in [4.78, 5) is 12.5. The normalized spacial score (nSPS) is 12.2. The van der Waals surface area contributed by atoms with E-state index in [0.717, 1.165) is 5.56 Å². The minimum absolute atomic E-state index is 0.207. The number of carbonyl (C=O) groups excluding carboxylic acids is 1. The van der Waals surface area contributed by atoms with Gasteiger partial charge in [-0.1, -0.05) is 18.2 Å². The van der Waals surface area contributed by atoms with Crippen LogP contribution >= 0.6 is 0 Å². The van der Waals surface area contributed by atoms with Gasteiger partial charge in [-0.3, -0.25) is 9.48 Å². The van der Waals surface area contributed by atoms with E-state index in [1.165, 1.54) is 10.7 Å². The Balaban J connectivity index is 1.49. The van der Waals surface area contributed by atoms with Crippen molar-refractivity contribution in [3.05, 3.63) is 65.6 Å². The molecule has 6 nitrogen and oxygen atoms in total. The van der Waals surface area contributed by atoms with Gasteiger partial charge in [-0.25, -0.2) is 4.39 Å². The van der Waals surface area contributed by atoms with Crippen LogP contribution in [0.5, 0.6) is 11.5 Å². The lowest BCUT2D eigenvalue weighted by Crippen LogP contribution is -2.25. The van der Waals surface area contributed by atoms with Crippen LogP contribution in [0.3, 0.4) is 0 Å². The number of rotatable bonds is 4. The SMILES string of the molecule is Cn1nc(-c2ccccc2F)cc1C(=O)NCc1ccc2c(c1)OCO2. The maximum atomic E-state index is 13.9. The molecule has 132 valence electrons. The number of carbonyl (C=O) groups is 1. The van der Waals surface area contributed by atoms with Crippen LogP contribution in [0, 0.1) is 5.82 Å². The molecule has 1 aliphatic rings. The third-order valence-electron chi connectivity index (χ3n) is 4.15. The van der Waals surface area contributed by atoms with Crippen molar-refractivity contribution in [2.75, 3.05) is 6.79 Å². The molecule has 0 saturated carbocycles.